The molecule has 1 aliphatic carbocycles. The van der Waals surface area contributed by atoms with Crippen LogP contribution in [0.2, 0.25) is 0 Å². The summed E-state index contributed by atoms with van der Waals surface area (Å²) in [7, 11) is -3.56. The molecule has 2 aromatic carbocycles. The molecule has 8 heteroatoms. The maximum Gasteiger partial charge on any atom is 0.257 e. The van der Waals surface area contributed by atoms with Gasteiger partial charge in [-0.3, -0.25) is 9.48 Å². The highest BCUT2D eigenvalue weighted by molar-refractivity contribution is 7.89. The molecule has 0 N–H and O–H groups in total. The largest absolute Gasteiger partial charge is 0.336 e. The first-order valence-electron chi connectivity index (χ1n) is 11.5. The van der Waals surface area contributed by atoms with E-state index in [9.17, 15) is 13.2 Å². The molecular weight excluding hydrogens is 436 g/mol. The lowest BCUT2D eigenvalue weighted by molar-refractivity contribution is 0.0698. The van der Waals surface area contributed by atoms with Crippen molar-refractivity contribution in [2.24, 2.45) is 0 Å². The number of piperazine rings is 1. The van der Waals surface area contributed by atoms with Gasteiger partial charge in [0.2, 0.25) is 10.0 Å². The Morgan fingerprint density at radius 2 is 1.64 bits per heavy atom. The lowest BCUT2D eigenvalue weighted by Gasteiger charge is -2.34. The number of aryl methyl sites for hydroxylation is 2. The van der Waals surface area contributed by atoms with Gasteiger partial charge in [-0.15, -0.1) is 0 Å². The highest BCUT2D eigenvalue weighted by Crippen LogP contribution is 2.26. The van der Waals surface area contributed by atoms with E-state index < -0.39 is 10.0 Å². The lowest BCUT2D eigenvalue weighted by atomic mass is 9.92. The number of aromatic nitrogens is 2. The van der Waals surface area contributed by atoms with E-state index in [4.69, 9.17) is 0 Å². The molecule has 2 heterocycles. The summed E-state index contributed by atoms with van der Waals surface area (Å²) in [5.41, 5.74) is 4.06. The van der Waals surface area contributed by atoms with Gasteiger partial charge < -0.3 is 4.90 Å². The van der Waals surface area contributed by atoms with Crippen LogP contribution < -0.4 is 0 Å². The molecular formula is C25H28N4O3S. The fraction of sp³-hybridized carbons (Fsp3) is 0.360. The Kier molecular flexibility index (Phi) is 6.03. The third kappa shape index (κ3) is 4.58. The van der Waals surface area contributed by atoms with Gasteiger partial charge in [0.1, 0.15) is 0 Å². The molecule has 0 saturated carbocycles. The fourth-order valence-corrected chi connectivity index (χ4v) is 6.14. The molecule has 0 bridgehead atoms. The molecule has 0 unspecified atom stereocenters. The quantitative estimate of drug-likeness (QED) is 0.582. The Bertz CT molecular complexity index is 1250. The Morgan fingerprint density at radius 1 is 0.909 bits per heavy atom. The van der Waals surface area contributed by atoms with Gasteiger partial charge in [0, 0.05) is 32.4 Å². The van der Waals surface area contributed by atoms with E-state index >= 15 is 0 Å². The van der Waals surface area contributed by atoms with E-state index in [1.807, 2.05) is 42.5 Å². The van der Waals surface area contributed by atoms with Crippen LogP contribution in [0.5, 0.6) is 0 Å². The minimum atomic E-state index is -3.56. The smallest absolute Gasteiger partial charge is 0.257 e. The predicted molar refractivity (Wildman–Crippen MR) is 126 cm³/mol. The number of hydrogen-bond acceptors (Lipinski definition) is 4. The van der Waals surface area contributed by atoms with Gasteiger partial charge in [-0.2, -0.15) is 9.40 Å². The summed E-state index contributed by atoms with van der Waals surface area (Å²) in [6.45, 7) is 1.92. The maximum atomic E-state index is 13.2. The second kappa shape index (κ2) is 9.11. The molecule has 1 fully saturated rings. The molecule has 7 nitrogen and oxygen atoms in total. The molecule has 5 rings (SSSR count). The van der Waals surface area contributed by atoms with Crippen LogP contribution in [0.25, 0.3) is 0 Å². The Labute approximate surface area is 194 Å². The molecule has 0 atom stereocenters. The molecule has 2 aliphatic rings. The molecule has 1 saturated heterocycles. The third-order valence-electron chi connectivity index (χ3n) is 6.55. The normalized spacial score (nSPS) is 17.0. The first-order valence-corrected chi connectivity index (χ1v) is 12.9. The molecule has 1 amide bonds. The van der Waals surface area contributed by atoms with Crippen molar-refractivity contribution in [1.29, 1.82) is 0 Å². The molecule has 172 valence electrons. The van der Waals surface area contributed by atoms with Crippen molar-refractivity contribution < 1.29 is 13.2 Å². The second-order valence-corrected chi connectivity index (χ2v) is 10.7. The number of amides is 1. The van der Waals surface area contributed by atoms with Crippen molar-refractivity contribution in [3.63, 3.8) is 0 Å². The second-order valence-electron chi connectivity index (χ2n) is 8.75. The lowest BCUT2D eigenvalue weighted by Crippen LogP contribution is -2.50. The average Bonchev–Trinajstić information content (AvgIpc) is 3.32. The van der Waals surface area contributed by atoms with Crippen LogP contribution in [-0.4, -0.2) is 59.5 Å². The van der Waals surface area contributed by atoms with Crippen molar-refractivity contribution in [1.82, 2.24) is 19.0 Å². The van der Waals surface area contributed by atoms with Crippen LogP contribution in [0.4, 0.5) is 0 Å². The Balaban J connectivity index is 1.22. The average molecular weight is 465 g/mol. The zero-order valence-corrected chi connectivity index (χ0v) is 19.4. The van der Waals surface area contributed by atoms with Gasteiger partial charge in [-0.1, -0.05) is 36.4 Å². The van der Waals surface area contributed by atoms with Gasteiger partial charge in [0.05, 0.1) is 23.2 Å². The SMILES string of the molecule is O=C(c1cnn(Cc2ccccc2)c1)N1CCN(S(=O)(=O)c2ccc3c(c2)CCCC3)CC1. The summed E-state index contributed by atoms with van der Waals surface area (Å²) in [5.74, 6) is -0.111. The predicted octanol–water partition coefficient (Wildman–Crippen LogP) is 2.96. The first-order chi connectivity index (χ1) is 16.0. The van der Waals surface area contributed by atoms with E-state index in [0.29, 0.717) is 43.2 Å². The summed E-state index contributed by atoms with van der Waals surface area (Å²) >= 11 is 0. The number of hydrogen-bond donors (Lipinski definition) is 0. The molecule has 33 heavy (non-hydrogen) atoms. The van der Waals surface area contributed by atoms with E-state index in [1.165, 1.54) is 16.3 Å². The fourth-order valence-electron chi connectivity index (χ4n) is 4.66. The minimum absolute atomic E-state index is 0.111. The first kappa shape index (κ1) is 21.9. The van der Waals surface area contributed by atoms with Crippen molar-refractivity contribution in [2.45, 2.75) is 37.1 Å². The van der Waals surface area contributed by atoms with Gasteiger partial charge in [0.15, 0.2) is 0 Å². The van der Waals surface area contributed by atoms with E-state index in [2.05, 4.69) is 5.10 Å². The zero-order valence-electron chi connectivity index (χ0n) is 18.6. The number of carbonyl (C=O) groups is 1. The number of rotatable bonds is 5. The van der Waals surface area contributed by atoms with Crippen LogP contribution in [0, 0.1) is 0 Å². The van der Waals surface area contributed by atoms with E-state index in [0.717, 1.165) is 30.4 Å². The van der Waals surface area contributed by atoms with Crippen LogP contribution >= 0.6 is 0 Å². The zero-order chi connectivity index (χ0) is 22.8. The highest BCUT2D eigenvalue weighted by Gasteiger charge is 2.31. The molecule has 1 aliphatic heterocycles. The van der Waals surface area contributed by atoms with Crippen LogP contribution in [0.15, 0.2) is 65.8 Å². The number of benzene rings is 2. The van der Waals surface area contributed by atoms with Gasteiger partial charge in [-0.25, -0.2) is 8.42 Å². The molecule has 3 aromatic rings. The van der Waals surface area contributed by atoms with Crippen molar-refractivity contribution in [3.05, 3.63) is 83.2 Å². The molecule has 1 aromatic heterocycles. The minimum Gasteiger partial charge on any atom is -0.336 e. The summed E-state index contributed by atoms with van der Waals surface area (Å²) in [6.07, 6.45) is 7.59. The van der Waals surface area contributed by atoms with Crippen molar-refractivity contribution >= 4 is 15.9 Å². The van der Waals surface area contributed by atoms with Crippen LogP contribution in [0.1, 0.15) is 39.9 Å². The van der Waals surface area contributed by atoms with E-state index in [-0.39, 0.29) is 5.91 Å². The van der Waals surface area contributed by atoms with Gasteiger partial charge in [0.25, 0.3) is 5.91 Å². The number of nitrogens with zero attached hydrogens (tertiary/aromatic N) is 4. The van der Waals surface area contributed by atoms with Gasteiger partial charge >= 0.3 is 0 Å². The van der Waals surface area contributed by atoms with E-state index in [1.54, 1.807) is 28.0 Å². The Hall–Kier alpha value is -2.97. The van der Waals surface area contributed by atoms with Gasteiger partial charge in [-0.05, 0) is 54.5 Å². The maximum absolute atomic E-state index is 13.2. The molecule has 0 spiro atoms. The summed E-state index contributed by atoms with van der Waals surface area (Å²) in [4.78, 5) is 15.0. The number of carbonyl (C=O) groups excluding carboxylic acids is 1. The topological polar surface area (TPSA) is 75.5 Å². The van der Waals surface area contributed by atoms with Crippen molar-refractivity contribution in [3.8, 4) is 0 Å². The van der Waals surface area contributed by atoms with Crippen LogP contribution in [-0.2, 0) is 29.4 Å². The number of fused-ring (bicyclic) bond motifs is 1. The Morgan fingerprint density at radius 3 is 2.39 bits per heavy atom. The molecule has 0 radical (unpaired) electrons. The van der Waals surface area contributed by atoms with Crippen molar-refractivity contribution in [2.75, 3.05) is 26.2 Å². The standard InChI is InChI=1S/C25H28N4O3S/c30-25(23-17-26-28(19-23)18-20-6-2-1-3-7-20)27-12-14-29(15-13-27)33(31,32)24-11-10-21-8-4-5-9-22(21)16-24/h1-3,6-7,10-11,16-17,19H,4-5,8-9,12-15,18H2. The van der Waals surface area contributed by atoms with Crippen LogP contribution in [0.3, 0.4) is 0 Å². The highest BCUT2D eigenvalue weighted by atomic mass is 32.2. The number of sulfonamides is 1. The summed E-state index contributed by atoms with van der Waals surface area (Å²) in [6, 6.07) is 15.5. The summed E-state index contributed by atoms with van der Waals surface area (Å²) in [5, 5.41) is 4.32. The summed E-state index contributed by atoms with van der Waals surface area (Å²) < 4.78 is 29.7. The third-order valence-corrected chi connectivity index (χ3v) is 8.45. The monoisotopic (exact) mass is 464 g/mol.